The fourth-order valence-corrected chi connectivity index (χ4v) is 8.44. The van der Waals surface area contributed by atoms with Gasteiger partial charge in [-0.25, -0.2) is 0 Å². The summed E-state index contributed by atoms with van der Waals surface area (Å²) in [5, 5.41) is 14.5. The van der Waals surface area contributed by atoms with Crippen LogP contribution < -0.4 is 9.47 Å². The molecule has 52 heavy (non-hydrogen) atoms. The lowest BCUT2D eigenvalue weighted by Gasteiger charge is -2.19. The van der Waals surface area contributed by atoms with Gasteiger partial charge in [-0.15, -0.1) is 0 Å². The molecule has 0 bridgehead atoms. The van der Waals surface area contributed by atoms with Crippen molar-refractivity contribution in [2.45, 2.75) is 0 Å². The minimum absolute atomic E-state index is 0.811. The maximum atomic E-state index is 6.12. The van der Waals surface area contributed by atoms with E-state index in [0.717, 1.165) is 44.2 Å². The lowest BCUT2D eigenvalue weighted by molar-refractivity contribution is 0.411. The average Bonchev–Trinajstić information content (AvgIpc) is 3.20. The Bertz CT molecular complexity index is 2730. The van der Waals surface area contributed by atoms with Crippen LogP contribution in [0.4, 0.5) is 0 Å². The van der Waals surface area contributed by atoms with Crippen LogP contribution in [0.5, 0.6) is 11.5 Å². The third kappa shape index (κ3) is 4.65. The lowest BCUT2D eigenvalue weighted by atomic mass is 9.87. The third-order valence-electron chi connectivity index (χ3n) is 10.8. The molecule has 10 aromatic rings. The fourth-order valence-electron chi connectivity index (χ4n) is 8.44. The van der Waals surface area contributed by atoms with Gasteiger partial charge in [0.1, 0.15) is 11.5 Å². The largest absolute Gasteiger partial charge is 0.496 e. The van der Waals surface area contributed by atoms with Crippen LogP contribution in [-0.2, 0) is 0 Å². The van der Waals surface area contributed by atoms with E-state index in [1.807, 2.05) is 0 Å². The van der Waals surface area contributed by atoms with Gasteiger partial charge in [0.2, 0.25) is 0 Å². The highest BCUT2D eigenvalue weighted by molar-refractivity contribution is 6.17. The Labute approximate surface area is 302 Å². The van der Waals surface area contributed by atoms with Gasteiger partial charge in [-0.3, -0.25) is 0 Å². The molecule has 0 heterocycles. The van der Waals surface area contributed by atoms with Crippen molar-refractivity contribution in [2.24, 2.45) is 0 Å². The Morgan fingerprint density at radius 1 is 0.269 bits per heavy atom. The minimum atomic E-state index is 0.811. The monoisotopic (exact) mass is 666 g/mol. The number of rotatable bonds is 5. The topological polar surface area (TPSA) is 18.5 Å². The van der Waals surface area contributed by atoms with Crippen LogP contribution in [0.3, 0.4) is 0 Å². The molecular formula is C50H34O2. The Balaban J connectivity index is 1.21. The minimum Gasteiger partial charge on any atom is -0.496 e. The molecule has 0 radical (unpaired) electrons. The molecular weight excluding hydrogens is 633 g/mol. The van der Waals surface area contributed by atoms with Gasteiger partial charge in [0, 0.05) is 11.1 Å². The van der Waals surface area contributed by atoms with Crippen molar-refractivity contribution in [3.8, 4) is 44.9 Å². The average molecular weight is 667 g/mol. The first-order valence-corrected chi connectivity index (χ1v) is 17.7. The van der Waals surface area contributed by atoms with E-state index in [-0.39, 0.29) is 0 Å². The molecule has 0 N–H and O–H groups in total. The summed E-state index contributed by atoms with van der Waals surface area (Å²) in [6.45, 7) is 0. The highest BCUT2D eigenvalue weighted by Crippen LogP contribution is 2.48. The van der Waals surface area contributed by atoms with Crippen LogP contribution in [0.1, 0.15) is 0 Å². The standard InChI is InChI=1S/C50H34O2/c1-51-45-25-21-35-29-37(47-39-15-7-3-11-31(39)27-32-12-4-8-16-40(32)47)19-23-43(35)49(45)50-44-24-20-38(30-36(44)22-26-46(50)52-2)48-41-17-9-5-13-33(41)28-34-14-6-10-18-42(34)48/h3-30H,1-2H3. The van der Waals surface area contributed by atoms with Gasteiger partial charge in [0.25, 0.3) is 0 Å². The molecule has 0 aliphatic rings. The Hall–Kier alpha value is -6.64. The van der Waals surface area contributed by atoms with E-state index in [1.165, 1.54) is 65.3 Å². The normalized spacial score (nSPS) is 11.7. The summed E-state index contributed by atoms with van der Waals surface area (Å²) < 4.78 is 12.2. The molecule has 246 valence electrons. The maximum Gasteiger partial charge on any atom is 0.127 e. The van der Waals surface area contributed by atoms with E-state index in [9.17, 15) is 0 Å². The van der Waals surface area contributed by atoms with Gasteiger partial charge in [-0.1, -0.05) is 133 Å². The van der Waals surface area contributed by atoms with Crippen LogP contribution in [0, 0.1) is 0 Å². The maximum absolute atomic E-state index is 6.12. The second-order valence-electron chi connectivity index (χ2n) is 13.5. The van der Waals surface area contributed by atoms with Crippen LogP contribution in [-0.4, -0.2) is 14.2 Å². The van der Waals surface area contributed by atoms with E-state index in [2.05, 4.69) is 170 Å². The first-order chi connectivity index (χ1) is 25.7. The summed E-state index contributed by atoms with van der Waals surface area (Å²) in [6, 6.07) is 61.6. The first-order valence-electron chi connectivity index (χ1n) is 17.7. The molecule has 0 saturated heterocycles. The Morgan fingerprint density at radius 3 is 0.923 bits per heavy atom. The molecule has 0 unspecified atom stereocenters. The van der Waals surface area contributed by atoms with Crippen LogP contribution in [0.25, 0.3) is 98.0 Å². The van der Waals surface area contributed by atoms with Crippen molar-refractivity contribution in [3.63, 3.8) is 0 Å². The number of benzene rings is 10. The molecule has 0 saturated carbocycles. The fraction of sp³-hybridized carbons (Fsp3) is 0.0400. The molecule has 2 heteroatoms. The second-order valence-corrected chi connectivity index (χ2v) is 13.5. The number of methoxy groups -OCH3 is 2. The molecule has 2 nitrogen and oxygen atoms in total. The van der Waals surface area contributed by atoms with Crippen molar-refractivity contribution in [1.29, 1.82) is 0 Å². The van der Waals surface area contributed by atoms with E-state index >= 15 is 0 Å². The van der Waals surface area contributed by atoms with Gasteiger partial charge in [-0.2, -0.15) is 0 Å². The number of ether oxygens (including phenoxy) is 2. The van der Waals surface area contributed by atoms with Crippen molar-refractivity contribution in [3.05, 3.63) is 170 Å². The number of hydrogen-bond donors (Lipinski definition) is 0. The summed E-state index contributed by atoms with van der Waals surface area (Å²) in [4.78, 5) is 0. The zero-order chi connectivity index (χ0) is 34.8. The number of fused-ring (bicyclic) bond motifs is 6. The van der Waals surface area contributed by atoms with Crippen molar-refractivity contribution < 1.29 is 9.47 Å². The van der Waals surface area contributed by atoms with Crippen molar-refractivity contribution >= 4 is 64.6 Å². The van der Waals surface area contributed by atoms with Gasteiger partial charge < -0.3 is 9.47 Å². The second kappa shape index (κ2) is 12.0. The van der Waals surface area contributed by atoms with Crippen molar-refractivity contribution in [2.75, 3.05) is 14.2 Å². The molecule has 0 atom stereocenters. The third-order valence-corrected chi connectivity index (χ3v) is 10.8. The molecule has 0 amide bonds. The first kappa shape index (κ1) is 30.2. The molecule has 10 rings (SSSR count). The summed E-state index contributed by atoms with van der Waals surface area (Å²) >= 11 is 0. The van der Waals surface area contributed by atoms with Gasteiger partial charge in [0.15, 0.2) is 0 Å². The van der Waals surface area contributed by atoms with Crippen LogP contribution >= 0.6 is 0 Å². The molecule has 10 aromatic carbocycles. The Kier molecular flexibility index (Phi) is 6.97. The molecule has 0 spiro atoms. The molecule has 0 aromatic heterocycles. The van der Waals surface area contributed by atoms with Crippen molar-refractivity contribution in [1.82, 2.24) is 0 Å². The molecule has 0 aliphatic carbocycles. The predicted molar refractivity (Wildman–Crippen MR) is 221 cm³/mol. The van der Waals surface area contributed by atoms with Gasteiger partial charge >= 0.3 is 0 Å². The zero-order valence-corrected chi connectivity index (χ0v) is 29.0. The van der Waals surface area contributed by atoms with Crippen LogP contribution in [0.2, 0.25) is 0 Å². The summed E-state index contributed by atoms with van der Waals surface area (Å²) in [6.07, 6.45) is 0. The van der Waals surface area contributed by atoms with E-state index < -0.39 is 0 Å². The van der Waals surface area contributed by atoms with E-state index in [1.54, 1.807) is 14.2 Å². The highest BCUT2D eigenvalue weighted by Gasteiger charge is 2.20. The van der Waals surface area contributed by atoms with Crippen LogP contribution in [0.15, 0.2) is 170 Å². The summed E-state index contributed by atoms with van der Waals surface area (Å²) in [7, 11) is 3.51. The van der Waals surface area contributed by atoms with Gasteiger partial charge in [0.05, 0.1) is 14.2 Å². The van der Waals surface area contributed by atoms with Gasteiger partial charge in [-0.05, 0) is 123 Å². The lowest BCUT2D eigenvalue weighted by Crippen LogP contribution is -1.95. The molecule has 0 fully saturated rings. The summed E-state index contributed by atoms with van der Waals surface area (Å²) in [5.41, 5.74) is 6.94. The van der Waals surface area contributed by atoms with E-state index in [4.69, 9.17) is 9.47 Å². The molecule has 0 aliphatic heterocycles. The smallest absolute Gasteiger partial charge is 0.127 e. The van der Waals surface area contributed by atoms with E-state index in [0.29, 0.717) is 0 Å². The zero-order valence-electron chi connectivity index (χ0n) is 29.0. The summed E-state index contributed by atoms with van der Waals surface area (Å²) in [5.74, 6) is 1.62. The SMILES string of the molecule is COc1ccc2cc(-c3c4ccccc4cc4ccccc34)ccc2c1-c1c(OC)ccc2cc(-c3c4ccccc4cc4ccccc34)ccc12. The Morgan fingerprint density at radius 2 is 0.577 bits per heavy atom. The number of hydrogen-bond acceptors (Lipinski definition) is 2. The highest BCUT2D eigenvalue weighted by atomic mass is 16.5. The predicted octanol–water partition coefficient (Wildman–Crippen LogP) is 13.6. The quantitative estimate of drug-likeness (QED) is 0.170.